The molecule has 0 unspecified atom stereocenters. The van der Waals surface area contributed by atoms with Gasteiger partial charge in [0.2, 0.25) is 11.8 Å². The molecule has 1 N–H and O–H groups in total. The number of halogens is 2. The molecule has 0 aliphatic rings. The van der Waals surface area contributed by atoms with Gasteiger partial charge in [0.25, 0.3) is 10.0 Å². The van der Waals surface area contributed by atoms with E-state index in [-0.39, 0.29) is 22.7 Å². The van der Waals surface area contributed by atoms with Crippen molar-refractivity contribution in [3.63, 3.8) is 0 Å². The van der Waals surface area contributed by atoms with E-state index in [2.05, 4.69) is 5.32 Å². The van der Waals surface area contributed by atoms with Crippen LogP contribution in [0.3, 0.4) is 0 Å². The van der Waals surface area contributed by atoms with Gasteiger partial charge < -0.3 is 10.2 Å². The van der Waals surface area contributed by atoms with Crippen LogP contribution in [0.1, 0.15) is 25.8 Å². The minimum absolute atomic E-state index is 0.0528. The largest absolute Gasteiger partial charge is 0.354 e. The van der Waals surface area contributed by atoms with E-state index in [1.807, 2.05) is 6.92 Å². The predicted octanol–water partition coefficient (Wildman–Crippen LogP) is 4.62. The molecular weight excluding hydrogens is 517 g/mol. The number of carbonyl (C=O) groups is 2. The zero-order chi connectivity index (χ0) is 27.0. The van der Waals surface area contributed by atoms with Gasteiger partial charge >= 0.3 is 0 Å². The highest BCUT2D eigenvalue weighted by Gasteiger charge is 2.32. The summed E-state index contributed by atoms with van der Waals surface area (Å²) in [5.74, 6) is -1.61. The fraction of sp³-hybridized carbons (Fsp3) is 0.259. The van der Waals surface area contributed by atoms with Gasteiger partial charge in [-0.1, -0.05) is 54.9 Å². The number of hydrogen-bond donors (Lipinski definition) is 1. The number of anilines is 1. The molecule has 10 heteroatoms. The molecule has 1 atom stereocenters. The maximum atomic E-state index is 14.5. The third kappa shape index (κ3) is 7.08. The Morgan fingerprint density at radius 2 is 1.59 bits per heavy atom. The lowest BCUT2D eigenvalue weighted by Crippen LogP contribution is -2.51. The molecule has 3 aromatic rings. The first-order chi connectivity index (χ1) is 17.6. The number of sulfonamides is 1. The van der Waals surface area contributed by atoms with Gasteiger partial charge in [-0.3, -0.25) is 13.9 Å². The van der Waals surface area contributed by atoms with Gasteiger partial charge in [-0.25, -0.2) is 12.8 Å². The van der Waals surface area contributed by atoms with Crippen LogP contribution < -0.4 is 9.62 Å². The molecule has 2 amide bonds. The highest BCUT2D eigenvalue weighted by atomic mass is 35.5. The highest BCUT2D eigenvalue weighted by Crippen LogP contribution is 2.25. The molecule has 0 fully saturated rings. The molecule has 0 heterocycles. The minimum Gasteiger partial charge on any atom is -0.354 e. The van der Waals surface area contributed by atoms with Crippen LogP contribution in [0.4, 0.5) is 10.1 Å². The number of amides is 2. The lowest BCUT2D eigenvalue weighted by molar-refractivity contribution is -0.139. The van der Waals surface area contributed by atoms with E-state index in [1.54, 1.807) is 36.4 Å². The Morgan fingerprint density at radius 1 is 0.973 bits per heavy atom. The van der Waals surface area contributed by atoms with Gasteiger partial charge in [0.05, 0.1) is 10.6 Å². The van der Waals surface area contributed by atoms with E-state index in [4.69, 9.17) is 11.6 Å². The number of para-hydroxylation sites is 1. The molecule has 0 aliphatic carbocycles. The van der Waals surface area contributed by atoms with Crippen LogP contribution in [0, 0.1) is 5.82 Å². The van der Waals surface area contributed by atoms with Gasteiger partial charge in [0.1, 0.15) is 18.4 Å². The van der Waals surface area contributed by atoms with Crippen molar-refractivity contribution in [2.75, 3.05) is 17.4 Å². The molecule has 0 aliphatic heterocycles. The van der Waals surface area contributed by atoms with E-state index >= 15 is 0 Å². The molecular formula is C27H29ClFN3O4S. The van der Waals surface area contributed by atoms with Crippen molar-refractivity contribution in [3.8, 4) is 0 Å². The van der Waals surface area contributed by atoms with Crippen molar-refractivity contribution in [1.29, 1.82) is 0 Å². The normalized spacial score (nSPS) is 12.0. The molecule has 0 aromatic heterocycles. The molecule has 37 heavy (non-hydrogen) atoms. The lowest BCUT2D eigenvalue weighted by Gasteiger charge is -2.32. The summed E-state index contributed by atoms with van der Waals surface area (Å²) >= 11 is 5.94. The molecule has 0 spiro atoms. The Morgan fingerprint density at radius 3 is 2.22 bits per heavy atom. The van der Waals surface area contributed by atoms with Crippen molar-refractivity contribution in [2.45, 2.75) is 37.8 Å². The number of nitrogens with one attached hydrogen (secondary N) is 1. The number of carbonyl (C=O) groups excluding carboxylic acids is 2. The summed E-state index contributed by atoms with van der Waals surface area (Å²) in [4.78, 5) is 27.6. The van der Waals surface area contributed by atoms with Gasteiger partial charge in [0, 0.05) is 23.7 Å². The zero-order valence-corrected chi connectivity index (χ0v) is 22.2. The van der Waals surface area contributed by atoms with E-state index in [1.165, 1.54) is 54.3 Å². The molecule has 7 nitrogen and oxygen atoms in total. The van der Waals surface area contributed by atoms with Gasteiger partial charge in [-0.2, -0.15) is 0 Å². The average Bonchev–Trinajstić information content (AvgIpc) is 2.90. The van der Waals surface area contributed by atoms with Crippen molar-refractivity contribution < 1.29 is 22.4 Å². The Bertz CT molecular complexity index is 1320. The van der Waals surface area contributed by atoms with Crippen LogP contribution >= 0.6 is 11.6 Å². The maximum Gasteiger partial charge on any atom is 0.264 e. The van der Waals surface area contributed by atoms with Crippen molar-refractivity contribution in [3.05, 3.63) is 95.3 Å². The van der Waals surface area contributed by atoms with E-state index < -0.39 is 40.2 Å². The fourth-order valence-electron chi connectivity index (χ4n) is 3.65. The molecule has 0 saturated carbocycles. The summed E-state index contributed by atoms with van der Waals surface area (Å²) in [7, 11) is -4.19. The predicted molar refractivity (Wildman–Crippen MR) is 142 cm³/mol. The van der Waals surface area contributed by atoms with Crippen LogP contribution in [0.15, 0.2) is 83.8 Å². The average molecular weight is 546 g/mol. The smallest absolute Gasteiger partial charge is 0.264 e. The lowest BCUT2D eigenvalue weighted by atomic mass is 10.1. The second kappa shape index (κ2) is 12.7. The first kappa shape index (κ1) is 28.1. The van der Waals surface area contributed by atoms with Gasteiger partial charge in [0.15, 0.2) is 0 Å². The molecule has 0 bridgehead atoms. The molecule has 0 radical (unpaired) electrons. The molecule has 3 aromatic carbocycles. The van der Waals surface area contributed by atoms with Crippen LogP contribution in [0.5, 0.6) is 0 Å². The quantitative estimate of drug-likeness (QED) is 0.381. The van der Waals surface area contributed by atoms with E-state index in [0.717, 1.165) is 4.31 Å². The molecule has 3 rings (SSSR count). The molecule has 0 saturated heterocycles. The maximum absolute atomic E-state index is 14.5. The standard InChI is InChI=1S/C27H29ClFN3O4S/c1-3-17-30-27(34)20(2)31(18-21-9-7-8-12-25(21)29)26(33)19-32(23-10-5-4-6-11-23)37(35,36)24-15-13-22(28)14-16-24/h4-16,20H,3,17-19H2,1-2H3,(H,30,34)/t20-/m1/s1. The number of benzene rings is 3. The summed E-state index contributed by atoms with van der Waals surface area (Å²) in [6, 6.07) is 18.7. The Hall–Kier alpha value is -3.43. The summed E-state index contributed by atoms with van der Waals surface area (Å²) in [6.07, 6.45) is 0.695. The first-order valence-electron chi connectivity index (χ1n) is 11.8. The third-order valence-electron chi connectivity index (χ3n) is 5.74. The van der Waals surface area contributed by atoms with Crippen molar-refractivity contribution in [2.24, 2.45) is 0 Å². The first-order valence-corrected chi connectivity index (χ1v) is 13.6. The summed E-state index contributed by atoms with van der Waals surface area (Å²) in [6.45, 7) is 3.02. The summed E-state index contributed by atoms with van der Waals surface area (Å²) in [5.41, 5.74) is 0.470. The van der Waals surface area contributed by atoms with E-state index in [0.29, 0.717) is 18.0 Å². The van der Waals surface area contributed by atoms with Gasteiger partial charge in [-0.15, -0.1) is 0 Å². The molecule has 196 valence electrons. The van der Waals surface area contributed by atoms with Crippen LogP contribution in [-0.2, 0) is 26.2 Å². The monoisotopic (exact) mass is 545 g/mol. The van der Waals surface area contributed by atoms with E-state index in [9.17, 15) is 22.4 Å². The van der Waals surface area contributed by atoms with Crippen molar-refractivity contribution >= 4 is 39.1 Å². The Balaban J connectivity index is 2.00. The SMILES string of the molecule is CCCNC(=O)[C@@H](C)N(Cc1ccccc1F)C(=O)CN(c1ccccc1)S(=O)(=O)c1ccc(Cl)cc1. The second-order valence-corrected chi connectivity index (χ2v) is 10.7. The zero-order valence-electron chi connectivity index (χ0n) is 20.6. The highest BCUT2D eigenvalue weighted by molar-refractivity contribution is 7.92. The number of rotatable bonds is 11. The third-order valence-corrected chi connectivity index (χ3v) is 7.78. The number of hydrogen-bond acceptors (Lipinski definition) is 4. The van der Waals surface area contributed by atoms with Crippen LogP contribution in [-0.4, -0.2) is 44.3 Å². The Kier molecular flexibility index (Phi) is 9.66. The van der Waals surface area contributed by atoms with Crippen molar-refractivity contribution in [1.82, 2.24) is 10.2 Å². The fourth-order valence-corrected chi connectivity index (χ4v) is 5.19. The minimum atomic E-state index is -4.19. The van der Waals surface area contributed by atoms with Gasteiger partial charge in [-0.05, 0) is 55.8 Å². The van der Waals surface area contributed by atoms with Crippen LogP contribution in [0.25, 0.3) is 0 Å². The second-order valence-electron chi connectivity index (χ2n) is 8.38. The number of nitrogens with zero attached hydrogens (tertiary/aromatic N) is 2. The summed E-state index contributed by atoms with van der Waals surface area (Å²) in [5, 5.41) is 3.11. The van der Waals surface area contributed by atoms with Crippen LogP contribution in [0.2, 0.25) is 5.02 Å². The Labute approximate surface area is 221 Å². The topological polar surface area (TPSA) is 86.8 Å². The summed E-state index contributed by atoms with van der Waals surface area (Å²) < 4.78 is 42.7.